The molecule has 0 aliphatic carbocycles. The molecule has 0 bridgehead atoms. The molecule has 102 valence electrons. The highest BCUT2D eigenvalue weighted by Gasteiger charge is 2.39. The smallest absolute Gasteiger partial charge is 0.341 e. The number of nitrogens with zero attached hydrogens (tertiary/aromatic N) is 3. The van der Waals surface area contributed by atoms with E-state index in [1.807, 2.05) is 0 Å². The molecule has 1 atom stereocenters. The molecule has 3 N–H and O–H groups in total. The summed E-state index contributed by atoms with van der Waals surface area (Å²) in [5.41, 5.74) is -0.272. The maximum Gasteiger partial charge on any atom is 0.341 e. The maximum absolute atomic E-state index is 11.8. The zero-order valence-corrected chi connectivity index (χ0v) is 10.4. The number of sulfonamides is 1. The molecular formula is C9H10N4O5S. The fourth-order valence-electron chi connectivity index (χ4n) is 1.79. The lowest BCUT2D eigenvalue weighted by molar-refractivity contribution is -0.117. The fraction of sp³-hybridized carbons (Fsp3) is 0.333. The summed E-state index contributed by atoms with van der Waals surface area (Å²) in [6, 6.07) is 0. The third-order valence-corrected chi connectivity index (χ3v) is 3.98. The van der Waals surface area contributed by atoms with Crippen molar-refractivity contribution in [2.45, 2.75) is 11.7 Å². The predicted octanol–water partition coefficient (Wildman–Crippen LogP) is -1.43. The van der Waals surface area contributed by atoms with Crippen LogP contribution >= 0.6 is 0 Å². The van der Waals surface area contributed by atoms with Crippen LogP contribution in [-0.4, -0.2) is 47.2 Å². The number of carbonyl (C=O) groups excluding carboxylic acids is 1. The van der Waals surface area contributed by atoms with Gasteiger partial charge in [0.1, 0.15) is 17.1 Å². The normalized spacial score (nSPS) is 19.7. The highest BCUT2D eigenvalue weighted by atomic mass is 32.2. The molecule has 0 aromatic carbocycles. The molecule has 1 aliphatic heterocycles. The molecule has 1 aromatic heterocycles. The Hall–Kier alpha value is -2.07. The highest BCUT2D eigenvalue weighted by Crippen LogP contribution is 2.24. The van der Waals surface area contributed by atoms with E-state index in [0.29, 0.717) is 0 Å². The summed E-state index contributed by atoms with van der Waals surface area (Å²) in [7, 11) is -3.86. The Morgan fingerprint density at radius 3 is 2.74 bits per heavy atom. The van der Waals surface area contributed by atoms with Crippen molar-refractivity contribution in [3.05, 3.63) is 18.1 Å². The van der Waals surface area contributed by atoms with Crippen LogP contribution in [0.1, 0.15) is 16.8 Å². The van der Waals surface area contributed by atoms with Gasteiger partial charge in [0, 0.05) is 19.2 Å². The van der Waals surface area contributed by atoms with E-state index in [0.717, 1.165) is 17.4 Å². The van der Waals surface area contributed by atoms with Crippen LogP contribution in [0.15, 0.2) is 12.5 Å². The first-order chi connectivity index (χ1) is 8.80. The minimum atomic E-state index is -3.86. The van der Waals surface area contributed by atoms with Crippen LogP contribution in [0.25, 0.3) is 0 Å². The van der Waals surface area contributed by atoms with Gasteiger partial charge in [-0.25, -0.2) is 28.3 Å². The zero-order chi connectivity index (χ0) is 14.2. The zero-order valence-electron chi connectivity index (χ0n) is 9.55. The summed E-state index contributed by atoms with van der Waals surface area (Å²) in [6.07, 6.45) is 1.84. The molecule has 1 saturated heterocycles. The van der Waals surface area contributed by atoms with E-state index in [4.69, 9.17) is 10.2 Å². The molecular weight excluding hydrogens is 276 g/mol. The topological polar surface area (TPSA) is 144 Å². The number of carbonyl (C=O) groups is 2. The van der Waals surface area contributed by atoms with E-state index in [9.17, 15) is 18.0 Å². The Kier molecular flexibility index (Phi) is 3.20. The van der Waals surface area contributed by atoms with Crippen molar-refractivity contribution in [1.29, 1.82) is 0 Å². The molecule has 1 unspecified atom stereocenters. The third-order valence-electron chi connectivity index (χ3n) is 2.73. The lowest BCUT2D eigenvalue weighted by Crippen LogP contribution is -2.33. The summed E-state index contributed by atoms with van der Waals surface area (Å²) < 4.78 is 22.4. The molecule has 1 aromatic rings. The molecule has 1 fully saturated rings. The van der Waals surface area contributed by atoms with Crippen LogP contribution in [0.3, 0.4) is 0 Å². The quantitative estimate of drug-likeness (QED) is 0.693. The third kappa shape index (κ3) is 2.53. The van der Waals surface area contributed by atoms with Crippen LogP contribution in [0.4, 0.5) is 5.82 Å². The van der Waals surface area contributed by atoms with Crippen LogP contribution in [0, 0.1) is 0 Å². The van der Waals surface area contributed by atoms with Crippen LogP contribution in [0.2, 0.25) is 0 Å². The Balaban J connectivity index is 2.39. The van der Waals surface area contributed by atoms with Crippen molar-refractivity contribution in [1.82, 2.24) is 9.97 Å². The van der Waals surface area contributed by atoms with Crippen molar-refractivity contribution in [2.75, 3.05) is 11.4 Å². The SMILES string of the molecule is NS(=O)(=O)C1CC(=O)N(c2ncncc2C(=O)O)C1. The largest absolute Gasteiger partial charge is 0.477 e. The molecule has 19 heavy (non-hydrogen) atoms. The van der Waals surface area contributed by atoms with Gasteiger partial charge in [0.25, 0.3) is 0 Å². The van der Waals surface area contributed by atoms with Crippen LogP contribution < -0.4 is 10.0 Å². The van der Waals surface area contributed by atoms with E-state index >= 15 is 0 Å². The number of primary sulfonamides is 1. The van der Waals surface area contributed by atoms with Crippen molar-refractivity contribution < 1.29 is 23.1 Å². The number of aromatic nitrogens is 2. The number of aromatic carboxylic acids is 1. The molecule has 0 saturated carbocycles. The van der Waals surface area contributed by atoms with E-state index in [1.165, 1.54) is 0 Å². The fourth-order valence-corrected chi connectivity index (χ4v) is 2.52. The first-order valence-electron chi connectivity index (χ1n) is 5.16. The van der Waals surface area contributed by atoms with Crippen molar-refractivity contribution in [2.24, 2.45) is 5.14 Å². The number of rotatable bonds is 3. The molecule has 0 spiro atoms. The van der Waals surface area contributed by atoms with Crippen LogP contribution in [-0.2, 0) is 14.8 Å². The number of nitrogens with two attached hydrogens (primary N) is 1. The number of hydrogen-bond donors (Lipinski definition) is 2. The number of amides is 1. The van der Waals surface area contributed by atoms with E-state index in [-0.39, 0.29) is 24.3 Å². The molecule has 0 radical (unpaired) electrons. The molecule has 2 rings (SSSR count). The molecule has 1 amide bonds. The summed E-state index contributed by atoms with van der Waals surface area (Å²) in [5, 5.41) is 12.9. The average molecular weight is 286 g/mol. The van der Waals surface area contributed by atoms with E-state index < -0.39 is 27.1 Å². The van der Waals surface area contributed by atoms with Gasteiger partial charge in [-0.2, -0.15) is 0 Å². The molecule has 10 heteroatoms. The Morgan fingerprint density at radius 1 is 1.53 bits per heavy atom. The lowest BCUT2D eigenvalue weighted by atomic mass is 10.3. The average Bonchev–Trinajstić information content (AvgIpc) is 2.71. The summed E-state index contributed by atoms with van der Waals surface area (Å²) in [4.78, 5) is 31.0. The molecule has 2 heterocycles. The number of hydrogen-bond acceptors (Lipinski definition) is 6. The van der Waals surface area contributed by atoms with Gasteiger partial charge in [0.15, 0.2) is 5.82 Å². The van der Waals surface area contributed by atoms with E-state index in [2.05, 4.69) is 9.97 Å². The van der Waals surface area contributed by atoms with Crippen molar-refractivity contribution >= 4 is 27.7 Å². The summed E-state index contributed by atoms with van der Waals surface area (Å²) in [5.74, 6) is -1.97. The van der Waals surface area contributed by atoms with Gasteiger partial charge in [-0.15, -0.1) is 0 Å². The summed E-state index contributed by atoms with van der Waals surface area (Å²) in [6.45, 7) is -0.213. The first kappa shape index (κ1) is 13.4. The molecule has 9 nitrogen and oxygen atoms in total. The van der Waals surface area contributed by atoms with Crippen molar-refractivity contribution in [3.8, 4) is 0 Å². The standard InChI is InChI=1S/C9H10N4O5S/c10-19(17,18)5-1-7(14)13(3-5)8-6(9(15)16)2-11-4-12-8/h2,4-5H,1,3H2,(H,15,16)(H2,10,17,18). The van der Waals surface area contributed by atoms with Gasteiger partial charge in [-0.05, 0) is 0 Å². The second-order valence-corrected chi connectivity index (χ2v) is 5.83. The number of anilines is 1. The lowest BCUT2D eigenvalue weighted by Gasteiger charge is -2.16. The van der Waals surface area contributed by atoms with Crippen LogP contribution in [0.5, 0.6) is 0 Å². The predicted molar refractivity (Wildman–Crippen MR) is 62.9 cm³/mol. The number of carboxylic acid groups (broad SMARTS) is 1. The van der Waals surface area contributed by atoms with Crippen molar-refractivity contribution in [3.63, 3.8) is 0 Å². The van der Waals surface area contributed by atoms with Gasteiger partial charge in [-0.1, -0.05) is 0 Å². The Bertz CT molecular complexity index is 644. The second kappa shape index (κ2) is 4.55. The maximum atomic E-state index is 11.8. The summed E-state index contributed by atoms with van der Waals surface area (Å²) >= 11 is 0. The monoisotopic (exact) mass is 286 g/mol. The van der Waals surface area contributed by atoms with Gasteiger partial charge >= 0.3 is 5.97 Å². The van der Waals surface area contributed by atoms with E-state index in [1.54, 1.807) is 0 Å². The second-order valence-electron chi connectivity index (χ2n) is 3.98. The Morgan fingerprint density at radius 2 is 2.21 bits per heavy atom. The Labute approximate surface area is 108 Å². The van der Waals surface area contributed by atoms with Gasteiger partial charge in [-0.3, -0.25) is 9.69 Å². The van der Waals surface area contributed by atoms with Gasteiger partial charge < -0.3 is 5.11 Å². The minimum Gasteiger partial charge on any atom is -0.477 e. The number of carboxylic acids is 1. The van der Waals surface area contributed by atoms with Gasteiger partial charge in [0.2, 0.25) is 15.9 Å². The first-order valence-corrected chi connectivity index (χ1v) is 6.77. The minimum absolute atomic E-state index is 0.126. The van der Waals surface area contributed by atoms with Gasteiger partial charge in [0.05, 0.1) is 0 Å². The highest BCUT2D eigenvalue weighted by molar-refractivity contribution is 7.89. The molecule has 1 aliphatic rings.